The molecule has 0 unspecified atom stereocenters. The summed E-state index contributed by atoms with van der Waals surface area (Å²) in [7, 11) is 6.32. The number of allylic oxidation sites excluding steroid dienone is 6. The van der Waals surface area contributed by atoms with E-state index in [1.165, 1.54) is 16.7 Å². The molecule has 0 radical (unpaired) electrons. The lowest BCUT2D eigenvalue weighted by Gasteiger charge is -2.19. The van der Waals surface area contributed by atoms with Crippen LogP contribution in [-0.4, -0.2) is 75.4 Å². The van der Waals surface area contributed by atoms with E-state index < -0.39 is 0 Å². The molecule has 0 fully saturated rings. The highest BCUT2D eigenvalue weighted by atomic mass is 15.1. The summed E-state index contributed by atoms with van der Waals surface area (Å²) < 4.78 is 0. The topological polar surface area (TPSA) is 72.9 Å². The number of hydrogen-bond donors (Lipinski definition) is 4. The first-order valence-electron chi connectivity index (χ1n) is 17.6. The molecule has 0 amide bonds. The molecule has 4 aromatic heterocycles. The highest BCUT2D eigenvalue weighted by Crippen LogP contribution is 2.30. The molecule has 0 aliphatic carbocycles. The first-order chi connectivity index (χ1) is 25.0. The number of benzene rings is 1. The van der Waals surface area contributed by atoms with Gasteiger partial charge in [-0.15, -0.1) is 0 Å². The van der Waals surface area contributed by atoms with Crippen LogP contribution in [-0.2, 0) is 0 Å². The Bertz CT molecular complexity index is 2610. The van der Waals surface area contributed by atoms with Crippen molar-refractivity contribution in [1.29, 1.82) is 0 Å². The van der Waals surface area contributed by atoms with Crippen molar-refractivity contribution >= 4 is 22.3 Å². The maximum absolute atomic E-state index is 3.89. The zero-order valence-corrected chi connectivity index (χ0v) is 29.2. The maximum Gasteiger partial charge on any atom is 0.0485 e. The van der Waals surface area contributed by atoms with Crippen molar-refractivity contribution in [2.24, 2.45) is 0 Å². The molecule has 1 aromatic carbocycles. The molecular weight excluding hydrogens is 627 g/mol. The van der Waals surface area contributed by atoms with Crippen molar-refractivity contribution in [3.63, 3.8) is 0 Å². The average molecular weight is 668 g/mol. The van der Waals surface area contributed by atoms with E-state index in [1.807, 2.05) is 0 Å². The van der Waals surface area contributed by atoms with Gasteiger partial charge in [0.05, 0.1) is 0 Å². The summed E-state index contributed by atoms with van der Waals surface area (Å²) in [5.74, 6) is 0. The third-order valence-electron chi connectivity index (χ3n) is 10.2. The zero-order valence-electron chi connectivity index (χ0n) is 29.2. The number of likely N-dealkylation sites (N-methyl/N-ethyl adjacent to an activating group) is 3. The fourth-order valence-corrected chi connectivity index (χ4v) is 7.47. The third-order valence-corrected chi connectivity index (χ3v) is 10.2. The van der Waals surface area contributed by atoms with Crippen molar-refractivity contribution in [3.8, 4) is 0 Å². The second-order valence-corrected chi connectivity index (χ2v) is 13.8. The number of aromatic amines is 4. The second-order valence-electron chi connectivity index (χ2n) is 13.8. The van der Waals surface area contributed by atoms with E-state index in [4.69, 9.17) is 0 Å². The van der Waals surface area contributed by atoms with Crippen LogP contribution < -0.4 is 21.4 Å². The number of aromatic nitrogens is 4. The van der Waals surface area contributed by atoms with Gasteiger partial charge in [0.1, 0.15) is 0 Å². The fraction of sp³-hybridized carbons (Fsp3) is 0.136. The highest BCUT2D eigenvalue weighted by molar-refractivity contribution is 5.86. The molecule has 0 spiro atoms. The van der Waals surface area contributed by atoms with Gasteiger partial charge < -0.3 is 34.6 Å². The molecule has 4 aliphatic heterocycles. The Balaban J connectivity index is 1.39. The molecule has 51 heavy (non-hydrogen) atoms. The van der Waals surface area contributed by atoms with Crippen molar-refractivity contribution in [2.75, 3.05) is 40.8 Å². The number of nitrogens with zero attached hydrogens (tertiary/aromatic N) is 3. The summed E-state index contributed by atoms with van der Waals surface area (Å²) in [5.41, 5.74) is 13.5. The van der Waals surface area contributed by atoms with Crippen LogP contribution in [0.3, 0.4) is 0 Å². The summed E-state index contributed by atoms with van der Waals surface area (Å²) in [5, 5.41) is 4.23. The van der Waals surface area contributed by atoms with Gasteiger partial charge in [-0.1, -0.05) is 48.6 Å². The van der Waals surface area contributed by atoms with Crippen molar-refractivity contribution in [1.82, 2.24) is 34.6 Å². The lowest BCUT2D eigenvalue weighted by atomic mass is 10.0. The number of nitrogens with one attached hydrogen (secondary N) is 4. The highest BCUT2D eigenvalue weighted by Gasteiger charge is 2.20. The normalized spacial score (nSPS) is 17.3. The van der Waals surface area contributed by atoms with Crippen LogP contribution in [0, 0.1) is 0 Å². The van der Waals surface area contributed by atoms with E-state index in [0.717, 1.165) is 91.7 Å². The summed E-state index contributed by atoms with van der Waals surface area (Å²) in [6.45, 7) is 2.54. The molecule has 9 rings (SSSR count). The van der Waals surface area contributed by atoms with Crippen LogP contribution in [0.25, 0.3) is 22.3 Å². The molecule has 4 N–H and O–H groups in total. The van der Waals surface area contributed by atoms with Crippen LogP contribution in [0.15, 0.2) is 151 Å². The predicted octanol–water partition coefficient (Wildman–Crippen LogP) is 4.31. The Labute approximate surface area is 297 Å². The lowest BCUT2D eigenvalue weighted by Crippen LogP contribution is -2.21. The Morgan fingerprint density at radius 1 is 0.392 bits per heavy atom. The second kappa shape index (κ2) is 12.5. The van der Waals surface area contributed by atoms with Crippen LogP contribution >= 0.6 is 0 Å². The van der Waals surface area contributed by atoms with Crippen molar-refractivity contribution in [2.45, 2.75) is 0 Å². The van der Waals surface area contributed by atoms with Gasteiger partial charge in [0.2, 0.25) is 0 Å². The van der Waals surface area contributed by atoms with E-state index in [-0.39, 0.29) is 0 Å². The summed E-state index contributed by atoms with van der Waals surface area (Å²) in [6.07, 6.45) is 20.0. The SMILES string of the molecule is CN1C=CC(C2=c3ccc([nH]3)=C(C3=CCN(C)C=C3)c3ccc([nH]3)C(c3ccccc3)=c3ccc([nH]3)=C(C3=CCN(C)C=C3)c3ccc2[nH]3)=CC1. The number of H-pyrrole nitrogens is 4. The number of hydrogen-bond acceptors (Lipinski definition) is 3. The molecule has 5 aromatic rings. The average Bonchev–Trinajstić information content (AvgIpc) is 3.99. The fourth-order valence-electron chi connectivity index (χ4n) is 7.47. The Morgan fingerprint density at radius 2 is 0.745 bits per heavy atom. The molecule has 252 valence electrons. The van der Waals surface area contributed by atoms with Gasteiger partial charge >= 0.3 is 0 Å². The minimum absolute atomic E-state index is 0.845. The van der Waals surface area contributed by atoms with Crippen LogP contribution in [0.5, 0.6) is 0 Å². The van der Waals surface area contributed by atoms with Crippen LogP contribution in [0.2, 0.25) is 0 Å². The molecule has 8 bridgehead atoms. The largest absolute Gasteiger partial charge is 0.377 e. The molecule has 7 nitrogen and oxygen atoms in total. The van der Waals surface area contributed by atoms with Gasteiger partial charge in [-0.3, -0.25) is 0 Å². The van der Waals surface area contributed by atoms with Gasteiger partial charge in [0.15, 0.2) is 0 Å². The number of fused-ring (bicyclic) bond motifs is 8. The minimum Gasteiger partial charge on any atom is -0.377 e. The van der Waals surface area contributed by atoms with E-state index in [2.05, 4.69) is 190 Å². The van der Waals surface area contributed by atoms with Crippen LogP contribution in [0.1, 0.15) is 28.3 Å². The van der Waals surface area contributed by atoms with E-state index in [0.29, 0.717) is 0 Å². The molecule has 7 heteroatoms. The minimum atomic E-state index is 0.845. The lowest BCUT2D eigenvalue weighted by molar-refractivity contribution is 0.503. The van der Waals surface area contributed by atoms with E-state index >= 15 is 0 Å². The number of rotatable bonds is 4. The first-order valence-corrected chi connectivity index (χ1v) is 17.6. The maximum atomic E-state index is 3.89. The summed E-state index contributed by atoms with van der Waals surface area (Å²) in [4.78, 5) is 22.1. The summed E-state index contributed by atoms with van der Waals surface area (Å²) >= 11 is 0. The van der Waals surface area contributed by atoms with Gasteiger partial charge in [-0.2, -0.15) is 0 Å². The quantitative estimate of drug-likeness (QED) is 0.231. The van der Waals surface area contributed by atoms with Crippen molar-refractivity contribution in [3.05, 3.63) is 200 Å². The molecular formula is C44H41N7. The van der Waals surface area contributed by atoms with E-state index in [9.17, 15) is 0 Å². The van der Waals surface area contributed by atoms with E-state index in [1.54, 1.807) is 0 Å². The third kappa shape index (κ3) is 5.66. The molecule has 0 saturated carbocycles. The van der Waals surface area contributed by atoms with Gasteiger partial charge in [0.25, 0.3) is 0 Å². The molecule has 0 saturated heterocycles. The molecule has 4 aliphatic rings. The molecule has 0 atom stereocenters. The van der Waals surface area contributed by atoms with Gasteiger partial charge in [0, 0.05) is 107 Å². The summed E-state index contributed by atoms with van der Waals surface area (Å²) in [6, 6.07) is 28.4. The van der Waals surface area contributed by atoms with Gasteiger partial charge in [-0.25, -0.2) is 0 Å². The first kappa shape index (κ1) is 30.7. The zero-order chi connectivity index (χ0) is 34.5. The Hall–Kier alpha value is -6.34. The smallest absolute Gasteiger partial charge is 0.0485 e. The Kier molecular flexibility index (Phi) is 7.54. The monoisotopic (exact) mass is 667 g/mol. The van der Waals surface area contributed by atoms with Crippen molar-refractivity contribution < 1.29 is 0 Å². The van der Waals surface area contributed by atoms with Crippen LogP contribution in [0.4, 0.5) is 0 Å². The standard InChI is InChI=1S/C44H41N7/c1-49-23-17-30(18-24-49)42-35-11-9-33(45-35)41(29-7-5-4-6-8-29)34-10-12-36(46-34)43(31-19-25-50(2)26-20-31)38-14-16-40(48-38)44(39-15-13-37(42)47-39)32-21-27-51(3)28-22-32/h4-23,25,27,45-48H,24,26,28H2,1-3H3. The molecule has 8 heterocycles. The van der Waals surface area contributed by atoms with Gasteiger partial charge in [-0.05, 0) is 108 Å². The Morgan fingerprint density at radius 3 is 1.10 bits per heavy atom. The predicted molar refractivity (Wildman–Crippen MR) is 207 cm³/mol.